The zero-order valence-electron chi connectivity index (χ0n) is 5.67. The number of rotatable bonds is 1. The largest absolute Gasteiger partial charge is 0.251 e. The highest BCUT2D eigenvalue weighted by Crippen LogP contribution is 2.12. The molecule has 1 aromatic heterocycles. The average molecular weight is 164 g/mol. The van der Waals surface area contributed by atoms with Crippen molar-refractivity contribution in [2.75, 3.05) is 0 Å². The maximum absolute atomic E-state index is 12.7. The number of hydrogen-bond donors (Lipinski definition) is 0. The van der Waals surface area contributed by atoms with E-state index >= 15 is 0 Å². The molecule has 0 aliphatic rings. The van der Waals surface area contributed by atoms with E-state index in [1.54, 1.807) is 13.8 Å². The van der Waals surface area contributed by atoms with Crippen LogP contribution in [0.3, 0.4) is 0 Å². The van der Waals surface area contributed by atoms with Crippen molar-refractivity contribution < 1.29 is 4.39 Å². The number of halogens is 2. The summed E-state index contributed by atoms with van der Waals surface area (Å²) in [5.41, 5.74) is 0. The van der Waals surface area contributed by atoms with Crippen LogP contribution in [0.25, 0.3) is 0 Å². The van der Waals surface area contributed by atoms with Crippen molar-refractivity contribution in [1.82, 2.24) is 15.0 Å². The Hall–Kier alpha value is -0.640. The van der Waals surface area contributed by atoms with Gasteiger partial charge in [0.2, 0.25) is 5.15 Å². The molecule has 1 rings (SSSR count). The van der Waals surface area contributed by atoms with Crippen molar-refractivity contribution in [3.05, 3.63) is 11.1 Å². The molecule has 0 atom stereocenters. The first-order chi connectivity index (χ1) is 4.63. The molecule has 0 amide bonds. The Morgan fingerprint density at radius 1 is 1.60 bits per heavy atom. The van der Waals surface area contributed by atoms with Gasteiger partial charge in [0.05, 0.1) is 6.04 Å². The van der Waals surface area contributed by atoms with Gasteiger partial charge in [-0.2, -0.15) is 4.39 Å². The fourth-order valence-electron chi connectivity index (χ4n) is 0.592. The second-order valence-electron chi connectivity index (χ2n) is 2.21. The normalized spacial score (nSPS) is 10.9. The lowest BCUT2D eigenvalue weighted by atomic mass is 10.4. The van der Waals surface area contributed by atoms with Crippen LogP contribution >= 0.6 is 11.6 Å². The van der Waals surface area contributed by atoms with Gasteiger partial charge in [0.15, 0.2) is 0 Å². The van der Waals surface area contributed by atoms with Gasteiger partial charge in [-0.3, -0.25) is 0 Å². The van der Waals surface area contributed by atoms with Crippen LogP contribution in [0.15, 0.2) is 0 Å². The molecule has 0 N–H and O–H groups in total. The Morgan fingerprint density at radius 3 is 2.40 bits per heavy atom. The van der Waals surface area contributed by atoms with Crippen LogP contribution in [0, 0.1) is 5.95 Å². The van der Waals surface area contributed by atoms with Crippen LogP contribution in [0.1, 0.15) is 19.9 Å². The minimum Gasteiger partial charge on any atom is -0.215 e. The van der Waals surface area contributed by atoms with E-state index < -0.39 is 5.95 Å². The molecule has 10 heavy (non-hydrogen) atoms. The van der Waals surface area contributed by atoms with Crippen LogP contribution in [-0.4, -0.2) is 15.0 Å². The summed E-state index contributed by atoms with van der Waals surface area (Å²) in [5, 5.41) is 6.64. The smallest absolute Gasteiger partial charge is 0.215 e. The summed E-state index contributed by atoms with van der Waals surface area (Å²) in [6, 6.07) is -0.0417. The lowest BCUT2D eigenvalue weighted by Gasteiger charge is -2.01. The maximum atomic E-state index is 12.7. The quantitative estimate of drug-likeness (QED) is 0.630. The molecule has 56 valence electrons. The van der Waals surface area contributed by atoms with Crippen molar-refractivity contribution >= 4 is 11.6 Å². The van der Waals surface area contributed by atoms with Gasteiger partial charge in [0, 0.05) is 0 Å². The van der Waals surface area contributed by atoms with Gasteiger partial charge in [-0.15, -0.1) is 5.10 Å². The Morgan fingerprint density at radius 2 is 2.20 bits per heavy atom. The number of hydrogen-bond acceptors (Lipinski definition) is 2. The van der Waals surface area contributed by atoms with Crippen LogP contribution in [0.5, 0.6) is 0 Å². The monoisotopic (exact) mass is 163 g/mol. The molecule has 5 heteroatoms. The molecule has 0 unspecified atom stereocenters. The van der Waals surface area contributed by atoms with Crippen LogP contribution in [0.2, 0.25) is 5.15 Å². The topological polar surface area (TPSA) is 30.7 Å². The number of nitrogens with zero attached hydrogens (tertiary/aromatic N) is 3. The highest BCUT2D eigenvalue weighted by molar-refractivity contribution is 6.29. The zero-order valence-corrected chi connectivity index (χ0v) is 6.43. The first-order valence-electron chi connectivity index (χ1n) is 2.89. The summed E-state index contributed by atoms with van der Waals surface area (Å²) in [5.74, 6) is -0.573. The molecule has 0 spiro atoms. The standard InChI is InChI=1S/C5H7ClFN3/c1-3(2)10-5(7)4(6)8-9-10/h3H,1-2H3. The lowest BCUT2D eigenvalue weighted by Crippen LogP contribution is -2.05. The molecule has 0 radical (unpaired) electrons. The molecule has 0 saturated heterocycles. The van der Waals surface area contributed by atoms with Gasteiger partial charge in [-0.05, 0) is 13.8 Å². The molecule has 0 bridgehead atoms. The van der Waals surface area contributed by atoms with Crippen LogP contribution < -0.4 is 0 Å². The van der Waals surface area contributed by atoms with E-state index in [9.17, 15) is 4.39 Å². The van der Waals surface area contributed by atoms with Gasteiger partial charge < -0.3 is 0 Å². The second kappa shape index (κ2) is 2.54. The third kappa shape index (κ3) is 1.11. The first kappa shape index (κ1) is 7.47. The fraction of sp³-hybridized carbons (Fsp3) is 0.600. The highest BCUT2D eigenvalue weighted by atomic mass is 35.5. The fourth-order valence-corrected chi connectivity index (χ4v) is 0.713. The Kier molecular flexibility index (Phi) is 1.89. The molecule has 0 aromatic carbocycles. The van der Waals surface area contributed by atoms with Crippen molar-refractivity contribution in [2.24, 2.45) is 0 Å². The first-order valence-corrected chi connectivity index (χ1v) is 3.27. The minimum atomic E-state index is -0.573. The summed E-state index contributed by atoms with van der Waals surface area (Å²) in [4.78, 5) is 0. The Labute approximate surface area is 62.8 Å². The van der Waals surface area contributed by atoms with E-state index in [1.165, 1.54) is 0 Å². The lowest BCUT2D eigenvalue weighted by molar-refractivity contribution is 0.410. The molecule has 1 heterocycles. The zero-order chi connectivity index (χ0) is 7.72. The van der Waals surface area contributed by atoms with Gasteiger partial charge in [-0.25, -0.2) is 4.68 Å². The van der Waals surface area contributed by atoms with Gasteiger partial charge in [0.1, 0.15) is 0 Å². The molecule has 1 aromatic rings. The van der Waals surface area contributed by atoms with E-state index in [0.717, 1.165) is 4.68 Å². The van der Waals surface area contributed by atoms with E-state index in [0.29, 0.717) is 0 Å². The molecule has 3 nitrogen and oxygen atoms in total. The van der Waals surface area contributed by atoms with E-state index in [-0.39, 0.29) is 11.2 Å². The van der Waals surface area contributed by atoms with E-state index in [4.69, 9.17) is 11.6 Å². The van der Waals surface area contributed by atoms with E-state index in [1.807, 2.05) is 0 Å². The third-order valence-electron chi connectivity index (χ3n) is 1.09. The molecular weight excluding hydrogens is 157 g/mol. The predicted octanol–water partition coefficient (Wildman–Crippen LogP) is 1.65. The van der Waals surface area contributed by atoms with Gasteiger partial charge in [0.25, 0.3) is 5.95 Å². The summed E-state index contributed by atoms with van der Waals surface area (Å²) in [6.07, 6.45) is 0. The van der Waals surface area contributed by atoms with Crippen molar-refractivity contribution in [3.8, 4) is 0 Å². The summed E-state index contributed by atoms with van der Waals surface area (Å²) >= 11 is 5.30. The van der Waals surface area contributed by atoms with Gasteiger partial charge in [-0.1, -0.05) is 16.8 Å². The van der Waals surface area contributed by atoms with Crippen molar-refractivity contribution in [2.45, 2.75) is 19.9 Å². The molecule has 0 fully saturated rings. The van der Waals surface area contributed by atoms with Gasteiger partial charge >= 0.3 is 0 Å². The molecule has 0 aliphatic heterocycles. The molecular formula is C5H7ClFN3. The maximum Gasteiger partial charge on any atom is 0.251 e. The third-order valence-corrected chi connectivity index (χ3v) is 1.32. The second-order valence-corrected chi connectivity index (χ2v) is 2.57. The van der Waals surface area contributed by atoms with Crippen LogP contribution in [0.4, 0.5) is 4.39 Å². The van der Waals surface area contributed by atoms with Crippen LogP contribution in [-0.2, 0) is 0 Å². The summed E-state index contributed by atoms with van der Waals surface area (Å²) in [7, 11) is 0. The SMILES string of the molecule is CC(C)n1nnc(Cl)c1F. The highest BCUT2D eigenvalue weighted by Gasteiger charge is 2.11. The minimum absolute atomic E-state index is 0.0417. The Balaban J connectivity index is 3.05. The predicted molar refractivity (Wildman–Crippen MR) is 35.4 cm³/mol. The summed E-state index contributed by atoms with van der Waals surface area (Å²) in [6.45, 7) is 3.60. The van der Waals surface area contributed by atoms with Crippen molar-refractivity contribution in [1.29, 1.82) is 0 Å². The Bertz CT molecular complexity index is 233. The molecule has 0 saturated carbocycles. The summed E-state index contributed by atoms with van der Waals surface area (Å²) < 4.78 is 13.8. The molecule has 0 aliphatic carbocycles. The average Bonchev–Trinajstić information content (AvgIpc) is 2.14. The van der Waals surface area contributed by atoms with E-state index in [2.05, 4.69) is 10.3 Å². The number of aromatic nitrogens is 3. The van der Waals surface area contributed by atoms with Crippen molar-refractivity contribution in [3.63, 3.8) is 0 Å².